The molecule has 1 aliphatic rings. The van der Waals surface area contributed by atoms with Crippen molar-refractivity contribution in [3.05, 3.63) is 105 Å². The summed E-state index contributed by atoms with van der Waals surface area (Å²) in [7, 11) is 0. The van der Waals surface area contributed by atoms with Crippen LogP contribution in [0.15, 0.2) is 78.8 Å². The normalized spacial score (nSPS) is 17.3. The maximum atomic E-state index is 12.7. The van der Waals surface area contributed by atoms with E-state index in [1.807, 2.05) is 44.2 Å². The Hall–Kier alpha value is -3.68. The van der Waals surface area contributed by atoms with Crippen LogP contribution in [0, 0.1) is 5.41 Å². The van der Waals surface area contributed by atoms with Crippen LogP contribution >= 0.6 is 23.2 Å². The zero-order valence-corrected chi connectivity index (χ0v) is 22.5. The minimum Gasteiger partial charge on any atom is -0.480 e. The molecule has 1 aliphatic carbocycles. The van der Waals surface area contributed by atoms with Gasteiger partial charge in [-0.05, 0) is 43.5 Å². The molecule has 9 heteroatoms. The average molecular weight is 552 g/mol. The number of aromatic nitrogens is 1. The third-order valence-corrected chi connectivity index (χ3v) is 7.38. The largest absolute Gasteiger partial charge is 0.480 e. The van der Waals surface area contributed by atoms with Gasteiger partial charge in [0, 0.05) is 42.8 Å². The van der Waals surface area contributed by atoms with Gasteiger partial charge in [0.1, 0.15) is 6.04 Å². The lowest BCUT2D eigenvalue weighted by molar-refractivity contribution is -0.144. The fourth-order valence-electron chi connectivity index (χ4n) is 4.73. The summed E-state index contributed by atoms with van der Waals surface area (Å²) >= 11 is 12.1. The van der Waals surface area contributed by atoms with Crippen LogP contribution in [0.4, 0.5) is 5.69 Å². The number of anilines is 1. The Bertz CT molecular complexity index is 1370. The number of allylic oxidation sites excluding steroid dienone is 2. The molecule has 4 rings (SSSR count). The lowest BCUT2D eigenvalue weighted by atomic mass is 9.68. The number of carboxylic acid groups (broad SMARTS) is 1. The van der Waals surface area contributed by atoms with E-state index in [4.69, 9.17) is 23.2 Å². The molecule has 38 heavy (non-hydrogen) atoms. The number of benzene rings is 2. The zero-order valence-electron chi connectivity index (χ0n) is 20.9. The van der Waals surface area contributed by atoms with Gasteiger partial charge in [0.05, 0.1) is 21.0 Å². The van der Waals surface area contributed by atoms with Crippen LogP contribution in [-0.2, 0) is 22.4 Å². The first-order chi connectivity index (χ1) is 18.1. The van der Waals surface area contributed by atoms with Crippen LogP contribution in [0.3, 0.4) is 0 Å². The van der Waals surface area contributed by atoms with Crippen LogP contribution < -0.4 is 5.32 Å². The Morgan fingerprint density at radius 3 is 2.21 bits per heavy atom. The minimum absolute atomic E-state index is 0.00607. The van der Waals surface area contributed by atoms with E-state index in [9.17, 15) is 19.5 Å². The van der Waals surface area contributed by atoms with E-state index >= 15 is 0 Å². The second-order valence-electron chi connectivity index (χ2n) is 9.36. The molecule has 7 nitrogen and oxygen atoms in total. The molecule has 0 spiro atoms. The highest BCUT2D eigenvalue weighted by molar-refractivity contribution is 6.40. The van der Waals surface area contributed by atoms with Crippen molar-refractivity contribution < 1.29 is 19.5 Å². The van der Waals surface area contributed by atoms with Crippen LogP contribution in [0.2, 0.25) is 10.0 Å². The van der Waals surface area contributed by atoms with E-state index in [0.717, 1.165) is 16.8 Å². The van der Waals surface area contributed by atoms with E-state index < -0.39 is 23.3 Å². The van der Waals surface area contributed by atoms with E-state index in [2.05, 4.69) is 10.3 Å². The molecule has 2 aromatic carbocycles. The second kappa shape index (κ2) is 11.4. The molecule has 0 fully saturated rings. The lowest BCUT2D eigenvalue weighted by Crippen LogP contribution is -2.52. The Morgan fingerprint density at radius 2 is 1.66 bits per heavy atom. The summed E-state index contributed by atoms with van der Waals surface area (Å²) in [4.78, 5) is 43.4. The summed E-state index contributed by atoms with van der Waals surface area (Å²) in [6.45, 7) is 4.19. The molecule has 2 atom stereocenters. The van der Waals surface area contributed by atoms with Crippen molar-refractivity contribution in [2.24, 2.45) is 5.41 Å². The molecule has 0 bridgehead atoms. The van der Waals surface area contributed by atoms with Gasteiger partial charge >= 0.3 is 5.97 Å². The van der Waals surface area contributed by atoms with Crippen LogP contribution in [0.25, 0.3) is 0 Å². The van der Waals surface area contributed by atoms with Crippen molar-refractivity contribution in [3.8, 4) is 0 Å². The fourth-order valence-corrected chi connectivity index (χ4v) is 5.27. The van der Waals surface area contributed by atoms with Gasteiger partial charge < -0.3 is 15.3 Å². The first-order valence-corrected chi connectivity index (χ1v) is 12.9. The number of pyridine rings is 1. The number of aliphatic carboxylic acids is 1. The van der Waals surface area contributed by atoms with Gasteiger partial charge in [0.15, 0.2) is 5.78 Å². The molecule has 0 radical (unpaired) electrons. The molecular weight excluding hydrogens is 525 g/mol. The van der Waals surface area contributed by atoms with E-state index in [-0.39, 0.29) is 27.8 Å². The number of hydrogen-bond acceptors (Lipinski definition) is 5. The van der Waals surface area contributed by atoms with Crippen molar-refractivity contribution in [2.75, 3.05) is 11.9 Å². The number of likely N-dealkylation sites (N-methyl/N-ethyl adjacent to an activating group) is 1. The molecule has 0 aliphatic heterocycles. The number of nitrogens with one attached hydrogen (secondary N) is 1. The van der Waals surface area contributed by atoms with Crippen LogP contribution in [0.5, 0.6) is 0 Å². The van der Waals surface area contributed by atoms with Crippen molar-refractivity contribution in [3.63, 3.8) is 0 Å². The average Bonchev–Trinajstić information content (AvgIpc) is 2.89. The summed E-state index contributed by atoms with van der Waals surface area (Å²) in [6, 6.07) is 15.7. The summed E-state index contributed by atoms with van der Waals surface area (Å²) in [6.07, 6.45) is 4.95. The van der Waals surface area contributed by atoms with E-state index in [1.165, 1.54) is 12.4 Å². The number of carbonyl (C=O) groups is 3. The molecule has 1 amide bonds. The van der Waals surface area contributed by atoms with Gasteiger partial charge in [0.25, 0.3) is 5.91 Å². The monoisotopic (exact) mass is 551 g/mol. The highest BCUT2D eigenvalue weighted by Gasteiger charge is 2.48. The fraction of sp³-hybridized carbons (Fsp3) is 0.241. The van der Waals surface area contributed by atoms with E-state index in [1.54, 1.807) is 35.2 Å². The predicted molar refractivity (Wildman–Crippen MR) is 148 cm³/mol. The van der Waals surface area contributed by atoms with Gasteiger partial charge in [-0.1, -0.05) is 65.7 Å². The molecule has 0 saturated carbocycles. The molecule has 2 N–H and O–H groups in total. The quantitative estimate of drug-likeness (QED) is 0.336. The summed E-state index contributed by atoms with van der Waals surface area (Å²) in [5.41, 5.74) is 2.36. The third-order valence-electron chi connectivity index (χ3n) is 6.81. The minimum atomic E-state index is -0.978. The molecule has 196 valence electrons. The number of halogens is 2. The number of hydrogen-bond donors (Lipinski definition) is 2. The van der Waals surface area contributed by atoms with E-state index in [0.29, 0.717) is 18.7 Å². The predicted octanol–water partition coefficient (Wildman–Crippen LogP) is 5.67. The van der Waals surface area contributed by atoms with Crippen molar-refractivity contribution in [2.45, 2.75) is 32.7 Å². The maximum Gasteiger partial charge on any atom is 0.326 e. The maximum absolute atomic E-state index is 12.7. The number of carboxylic acids is 1. The smallest absolute Gasteiger partial charge is 0.326 e. The highest BCUT2D eigenvalue weighted by atomic mass is 35.5. The first kappa shape index (κ1) is 27.4. The zero-order chi connectivity index (χ0) is 27.4. The molecule has 1 aromatic heterocycles. The Kier molecular flexibility index (Phi) is 8.19. The van der Waals surface area contributed by atoms with Crippen LogP contribution in [0.1, 0.15) is 35.3 Å². The highest BCUT2D eigenvalue weighted by Crippen LogP contribution is 2.43. The lowest BCUT2D eigenvalue weighted by Gasteiger charge is -2.45. The summed E-state index contributed by atoms with van der Waals surface area (Å²) in [5, 5.41) is 13.2. The first-order valence-electron chi connectivity index (χ1n) is 12.1. The molecule has 3 aromatic rings. The Balaban J connectivity index is 1.50. The molecule has 0 unspecified atom stereocenters. The third kappa shape index (κ3) is 5.59. The topological polar surface area (TPSA) is 99.6 Å². The summed E-state index contributed by atoms with van der Waals surface area (Å²) in [5.74, 6) is -1.46. The number of amides is 1. The van der Waals surface area contributed by atoms with Gasteiger partial charge in [-0.15, -0.1) is 0 Å². The SMILES string of the molecule is CCN(C1=CC(=O)[C@]1(C)Cc1ccccc1)[C@@H](Cc1ccc(NC(=O)c2c(Cl)cncc2Cl)cc1)C(=O)O. The van der Waals surface area contributed by atoms with Gasteiger partial charge in [0.2, 0.25) is 0 Å². The molecular formula is C29H27Cl2N3O4. The molecule has 1 heterocycles. The van der Waals surface area contributed by atoms with Crippen molar-refractivity contribution >= 4 is 46.5 Å². The number of carbonyl (C=O) groups excluding carboxylic acids is 2. The van der Waals surface area contributed by atoms with Crippen molar-refractivity contribution in [1.82, 2.24) is 9.88 Å². The Labute approximate surface area is 231 Å². The van der Waals surface area contributed by atoms with Crippen LogP contribution in [-0.4, -0.2) is 45.2 Å². The Morgan fingerprint density at radius 1 is 1.03 bits per heavy atom. The number of nitrogens with zero attached hydrogens (tertiary/aromatic N) is 2. The summed E-state index contributed by atoms with van der Waals surface area (Å²) < 4.78 is 0. The number of ketones is 1. The van der Waals surface area contributed by atoms with Gasteiger partial charge in [-0.2, -0.15) is 0 Å². The van der Waals surface area contributed by atoms with Crippen molar-refractivity contribution in [1.29, 1.82) is 0 Å². The second-order valence-corrected chi connectivity index (χ2v) is 10.2. The molecule has 0 saturated heterocycles. The standard InChI is InChI=1S/C29H27Cl2N3O4/c1-3-34(24-14-25(35)29(24,2)15-19-7-5-4-6-8-19)23(28(37)38)13-18-9-11-20(12-10-18)33-27(36)26-21(30)16-32-17-22(26)31/h4-12,14,16-17,23H,3,13,15H2,1-2H3,(H,33,36)(H,37,38)/t23-,29+/m0/s1. The van der Waals surface area contributed by atoms with Gasteiger partial charge in [-0.3, -0.25) is 14.6 Å². The number of rotatable bonds is 10. The van der Waals surface area contributed by atoms with Gasteiger partial charge in [-0.25, -0.2) is 4.79 Å².